The summed E-state index contributed by atoms with van der Waals surface area (Å²) >= 11 is 3.32. The Kier molecular flexibility index (Phi) is 5.88. The van der Waals surface area contributed by atoms with Gasteiger partial charge >= 0.3 is 0 Å². The van der Waals surface area contributed by atoms with Crippen molar-refractivity contribution >= 4 is 33.4 Å². The highest BCUT2D eigenvalue weighted by molar-refractivity contribution is 9.10. The summed E-state index contributed by atoms with van der Waals surface area (Å²) in [6.07, 6.45) is 0.917. The highest BCUT2D eigenvalue weighted by Gasteiger charge is 2.19. The van der Waals surface area contributed by atoms with Crippen LogP contribution in [0.4, 0.5) is 5.69 Å². The van der Waals surface area contributed by atoms with Crippen LogP contribution in [0.5, 0.6) is 0 Å². The maximum absolute atomic E-state index is 12.4. The summed E-state index contributed by atoms with van der Waals surface area (Å²) in [7, 11) is 1.54. The Hall–Kier alpha value is -3.01. The molecule has 26 heavy (non-hydrogen) atoms. The molecule has 0 bridgehead atoms. The third kappa shape index (κ3) is 4.54. The van der Waals surface area contributed by atoms with Gasteiger partial charge < -0.3 is 10.6 Å². The number of carbonyl (C=O) groups excluding carboxylic acids is 2. The van der Waals surface area contributed by atoms with Crippen molar-refractivity contribution in [2.45, 2.75) is 13.1 Å². The Labute approximate surface area is 156 Å². The molecule has 136 valence electrons. The minimum absolute atomic E-state index is 0.290. The third-order valence-electron chi connectivity index (χ3n) is 3.61. The molecule has 0 spiro atoms. The summed E-state index contributed by atoms with van der Waals surface area (Å²) < 4.78 is 1.72. The van der Waals surface area contributed by atoms with Gasteiger partial charge in [0.1, 0.15) is 12.1 Å². The van der Waals surface area contributed by atoms with Crippen molar-refractivity contribution in [2.24, 2.45) is 5.73 Å². The number of pyridine rings is 1. The van der Waals surface area contributed by atoms with Gasteiger partial charge in [0, 0.05) is 24.1 Å². The molecular weight excluding hydrogens is 408 g/mol. The van der Waals surface area contributed by atoms with Crippen LogP contribution in [0.1, 0.15) is 15.9 Å². The number of likely N-dealkylation sites (N-methyl/N-ethyl adjacent to an activating group) is 1. The van der Waals surface area contributed by atoms with E-state index in [-0.39, 0.29) is 0 Å². The summed E-state index contributed by atoms with van der Waals surface area (Å²) in [5.41, 5.74) is 4.06. The number of nitrogens with two attached hydrogens (primary N) is 1. The smallest absolute Gasteiger partial charge is 0.286 e. The van der Waals surface area contributed by atoms with Crippen LogP contribution in [0.2, 0.25) is 0 Å². The highest BCUT2D eigenvalue weighted by atomic mass is 79.9. The molecule has 0 aliphatic rings. The number of hydrogen-bond acceptors (Lipinski definition) is 5. The molecule has 2 rings (SSSR count). The van der Waals surface area contributed by atoms with E-state index < -0.39 is 40.1 Å². The normalized spacial score (nSPS) is 10.4. The van der Waals surface area contributed by atoms with Crippen LogP contribution in [0, 0.1) is 10.1 Å². The van der Waals surface area contributed by atoms with Crippen LogP contribution in [0.25, 0.3) is 0 Å². The van der Waals surface area contributed by atoms with E-state index in [1.165, 1.54) is 4.90 Å². The molecule has 0 aliphatic heterocycles. The second-order valence-electron chi connectivity index (χ2n) is 5.54. The van der Waals surface area contributed by atoms with Crippen molar-refractivity contribution in [1.82, 2.24) is 9.47 Å². The molecule has 1 heterocycles. The summed E-state index contributed by atoms with van der Waals surface area (Å²) in [5, 5.41) is 11.0. The van der Waals surface area contributed by atoms with E-state index in [0.717, 1.165) is 26.9 Å². The molecule has 0 aliphatic carbocycles. The second-order valence-corrected chi connectivity index (χ2v) is 6.46. The fourth-order valence-electron chi connectivity index (χ4n) is 2.23. The Morgan fingerprint density at radius 2 is 1.92 bits per heavy atom. The minimum Gasteiger partial charge on any atom is -0.365 e. The first-order valence-electron chi connectivity index (χ1n) is 7.36. The van der Waals surface area contributed by atoms with Crippen molar-refractivity contribution in [1.29, 1.82) is 0 Å². The van der Waals surface area contributed by atoms with Crippen molar-refractivity contribution in [3.63, 3.8) is 0 Å². The van der Waals surface area contributed by atoms with Crippen LogP contribution in [-0.2, 0) is 17.9 Å². The Balaban J connectivity index is 2.24. The molecule has 10 heteroatoms. The number of nitrogens with zero attached hydrogens (tertiary/aromatic N) is 3. The molecule has 0 unspecified atom stereocenters. The van der Waals surface area contributed by atoms with Crippen molar-refractivity contribution in [3.05, 3.63) is 72.6 Å². The molecule has 2 aromatic rings. The van der Waals surface area contributed by atoms with Gasteiger partial charge in [-0.2, -0.15) is 0 Å². The zero-order valence-electron chi connectivity index (χ0n) is 13.7. The molecule has 2 N–H and O–H groups in total. The number of halogens is 1. The van der Waals surface area contributed by atoms with Crippen LogP contribution < -0.4 is 11.3 Å². The molecule has 2 amide bonds. The van der Waals surface area contributed by atoms with E-state index in [0.29, 0.717) is 6.54 Å². The number of rotatable bonds is 6. The van der Waals surface area contributed by atoms with E-state index >= 15 is 0 Å². The molecule has 0 fully saturated rings. The largest absolute Gasteiger partial charge is 0.365 e. The van der Waals surface area contributed by atoms with Crippen molar-refractivity contribution < 1.29 is 14.5 Å². The molecule has 0 saturated heterocycles. The molecular formula is C16H15BrN4O5. The number of amides is 2. The number of aromatic nitrogens is 1. The quantitative estimate of drug-likeness (QED) is 0.553. The van der Waals surface area contributed by atoms with E-state index in [4.69, 9.17) is 5.73 Å². The number of carbonyl (C=O) groups is 2. The van der Waals surface area contributed by atoms with E-state index in [1.54, 1.807) is 7.05 Å². The topological polar surface area (TPSA) is 129 Å². The summed E-state index contributed by atoms with van der Waals surface area (Å²) in [5.74, 6) is -1.55. The van der Waals surface area contributed by atoms with E-state index in [1.807, 2.05) is 24.3 Å². The maximum Gasteiger partial charge on any atom is 0.286 e. The van der Waals surface area contributed by atoms with Gasteiger partial charge in [-0.15, -0.1) is 0 Å². The van der Waals surface area contributed by atoms with Crippen LogP contribution in [0.3, 0.4) is 0 Å². The average Bonchev–Trinajstić information content (AvgIpc) is 2.58. The first-order chi connectivity index (χ1) is 12.2. The first-order valence-corrected chi connectivity index (χ1v) is 8.15. The Morgan fingerprint density at radius 3 is 2.46 bits per heavy atom. The Morgan fingerprint density at radius 1 is 1.31 bits per heavy atom. The fourth-order valence-corrected chi connectivity index (χ4v) is 2.50. The number of nitro groups is 1. The predicted octanol–water partition coefficient (Wildman–Crippen LogP) is 1.28. The maximum atomic E-state index is 12.4. The van der Waals surface area contributed by atoms with Crippen LogP contribution in [-0.4, -0.2) is 33.3 Å². The lowest BCUT2D eigenvalue weighted by atomic mass is 10.2. The first kappa shape index (κ1) is 19.3. The lowest BCUT2D eigenvalue weighted by Crippen LogP contribution is -2.36. The molecule has 0 atom stereocenters. The van der Waals surface area contributed by atoms with Gasteiger partial charge in [0.15, 0.2) is 0 Å². The zero-order valence-corrected chi connectivity index (χ0v) is 15.3. The minimum atomic E-state index is -1.09. The molecule has 1 aromatic heterocycles. The van der Waals surface area contributed by atoms with Gasteiger partial charge in [-0.05, 0) is 17.7 Å². The average molecular weight is 423 g/mol. The predicted molar refractivity (Wildman–Crippen MR) is 96.5 cm³/mol. The van der Waals surface area contributed by atoms with Crippen molar-refractivity contribution in [3.8, 4) is 0 Å². The van der Waals surface area contributed by atoms with Crippen LogP contribution in [0.15, 0.2) is 45.8 Å². The lowest BCUT2D eigenvalue weighted by molar-refractivity contribution is -0.385. The summed E-state index contributed by atoms with van der Waals surface area (Å²) in [4.78, 5) is 47.5. The molecule has 0 radical (unpaired) electrons. The van der Waals surface area contributed by atoms with Gasteiger partial charge in [0.25, 0.3) is 17.2 Å². The summed E-state index contributed by atoms with van der Waals surface area (Å²) in [6.45, 7) is -0.160. The zero-order chi connectivity index (χ0) is 19.4. The number of primary amides is 1. The Bertz CT molecular complexity index is 923. The second kappa shape index (κ2) is 7.91. The number of benzene rings is 1. The fraction of sp³-hybridized carbons (Fsp3) is 0.188. The van der Waals surface area contributed by atoms with Gasteiger partial charge in [-0.1, -0.05) is 28.1 Å². The molecule has 9 nitrogen and oxygen atoms in total. The van der Waals surface area contributed by atoms with Gasteiger partial charge in [0.2, 0.25) is 5.91 Å². The third-order valence-corrected chi connectivity index (χ3v) is 4.14. The lowest BCUT2D eigenvalue weighted by Gasteiger charge is -2.18. The van der Waals surface area contributed by atoms with E-state index in [9.17, 15) is 24.5 Å². The molecule has 1 aromatic carbocycles. The monoisotopic (exact) mass is 422 g/mol. The number of hydrogen-bond donors (Lipinski definition) is 1. The summed E-state index contributed by atoms with van der Waals surface area (Å²) in [6, 6.07) is 8.13. The SMILES string of the molecule is CN(Cc1ccc(Br)cc1)C(=O)Cn1cc([N+](=O)[O-])cc(C(N)=O)c1=O. The molecule has 0 saturated carbocycles. The van der Waals surface area contributed by atoms with Gasteiger partial charge in [-0.25, -0.2) is 0 Å². The van der Waals surface area contributed by atoms with E-state index in [2.05, 4.69) is 15.9 Å². The van der Waals surface area contributed by atoms with Crippen LogP contribution >= 0.6 is 15.9 Å². The van der Waals surface area contributed by atoms with Crippen molar-refractivity contribution in [2.75, 3.05) is 7.05 Å². The van der Waals surface area contributed by atoms with Gasteiger partial charge in [0.05, 0.1) is 11.1 Å². The van der Waals surface area contributed by atoms with Gasteiger partial charge in [-0.3, -0.25) is 29.1 Å². The standard InChI is InChI=1S/C16H15BrN4O5/c1-19(7-10-2-4-11(17)5-3-10)14(22)9-20-8-12(21(25)26)6-13(15(18)23)16(20)24/h2-6,8H,7,9H2,1H3,(H2,18,23). The highest BCUT2D eigenvalue weighted by Crippen LogP contribution is 2.13.